The first kappa shape index (κ1) is 23.6. The lowest BCUT2D eigenvalue weighted by Gasteiger charge is -2.30. The van der Waals surface area contributed by atoms with Crippen molar-refractivity contribution in [1.29, 1.82) is 0 Å². The number of aromatic nitrogens is 3. The standard InChI is InChI=1S/C26H22BClN4O4/c1-13-11-16-21(33)14(2)22(15-7-5-4-6-8-15)35-23(16)17(12-13)26(3,27)31-18-9-10-19(28)29-20(18)24-30-25(34)36-32-24/h4-12,31H,27H2,1-3H3,(H,30,32,34)/t26-/m1/s1. The Morgan fingerprint density at radius 3 is 2.53 bits per heavy atom. The fourth-order valence-corrected chi connectivity index (χ4v) is 4.46. The third-order valence-electron chi connectivity index (χ3n) is 6.05. The SMILES string of the molecule is B[C@](C)(Nc1ccc(Cl)nc1-c1noc(=O)[nH]1)c1cc(C)cc2c(=O)c(C)c(-c3ccccc3)oc12. The second kappa shape index (κ2) is 8.84. The molecule has 0 saturated carbocycles. The van der Waals surface area contributed by atoms with Gasteiger partial charge in [0.25, 0.3) is 0 Å². The van der Waals surface area contributed by atoms with Gasteiger partial charge in [-0.05, 0) is 44.5 Å². The van der Waals surface area contributed by atoms with Gasteiger partial charge in [0, 0.05) is 22.1 Å². The van der Waals surface area contributed by atoms with Crippen molar-refractivity contribution in [2.24, 2.45) is 0 Å². The van der Waals surface area contributed by atoms with Crippen LogP contribution in [0.3, 0.4) is 0 Å². The van der Waals surface area contributed by atoms with Gasteiger partial charge in [0.05, 0.1) is 11.1 Å². The summed E-state index contributed by atoms with van der Waals surface area (Å²) in [5.41, 5.74) is 3.61. The van der Waals surface area contributed by atoms with Gasteiger partial charge in [-0.15, -0.1) is 0 Å². The summed E-state index contributed by atoms with van der Waals surface area (Å²) < 4.78 is 11.1. The number of rotatable bonds is 5. The van der Waals surface area contributed by atoms with E-state index >= 15 is 0 Å². The molecule has 8 nitrogen and oxygen atoms in total. The molecule has 0 fully saturated rings. The first-order valence-corrected chi connectivity index (χ1v) is 11.7. The van der Waals surface area contributed by atoms with Crippen molar-refractivity contribution in [2.45, 2.75) is 26.2 Å². The molecule has 0 saturated heterocycles. The van der Waals surface area contributed by atoms with Crippen LogP contribution in [0, 0.1) is 13.8 Å². The molecule has 180 valence electrons. The Kier molecular flexibility index (Phi) is 5.80. The highest BCUT2D eigenvalue weighted by Gasteiger charge is 2.28. The van der Waals surface area contributed by atoms with Gasteiger partial charge in [-0.25, -0.2) is 9.78 Å². The maximum absolute atomic E-state index is 13.4. The van der Waals surface area contributed by atoms with Crippen LogP contribution in [0.2, 0.25) is 5.15 Å². The Bertz CT molecular complexity index is 1720. The van der Waals surface area contributed by atoms with Crippen molar-refractivity contribution in [3.05, 3.63) is 97.2 Å². The second-order valence-electron chi connectivity index (χ2n) is 9.16. The fraction of sp³-hybridized carbons (Fsp3) is 0.154. The summed E-state index contributed by atoms with van der Waals surface area (Å²) in [4.78, 5) is 31.8. The van der Waals surface area contributed by atoms with Crippen LogP contribution in [0.25, 0.3) is 33.8 Å². The van der Waals surface area contributed by atoms with Crippen LogP contribution in [0.1, 0.15) is 23.6 Å². The summed E-state index contributed by atoms with van der Waals surface area (Å²) in [5, 5.41) is 7.96. The lowest BCUT2D eigenvalue weighted by molar-refractivity contribution is 0.388. The van der Waals surface area contributed by atoms with Crippen LogP contribution in [0.5, 0.6) is 0 Å². The molecule has 5 rings (SSSR count). The summed E-state index contributed by atoms with van der Waals surface area (Å²) in [6.45, 7) is 5.69. The maximum Gasteiger partial charge on any atom is 0.439 e. The number of anilines is 1. The van der Waals surface area contributed by atoms with E-state index in [-0.39, 0.29) is 16.4 Å². The van der Waals surface area contributed by atoms with Crippen molar-refractivity contribution in [2.75, 3.05) is 5.32 Å². The minimum absolute atomic E-state index is 0.0788. The predicted octanol–water partition coefficient (Wildman–Crippen LogP) is 4.39. The van der Waals surface area contributed by atoms with Gasteiger partial charge >= 0.3 is 5.76 Å². The van der Waals surface area contributed by atoms with Crippen LogP contribution < -0.4 is 16.5 Å². The zero-order chi connectivity index (χ0) is 25.6. The van der Waals surface area contributed by atoms with Crippen molar-refractivity contribution >= 4 is 36.1 Å². The summed E-state index contributed by atoms with van der Waals surface area (Å²) in [5.74, 6) is -0.0290. The third kappa shape index (κ3) is 4.22. The average molecular weight is 501 g/mol. The summed E-state index contributed by atoms with van der Waals surface area (Å²) in [6, 6.07) is 16.8. The number of nitrogens with one attached hydrogen (secondary N) is 2. The van der Waals surface area contributed by atoms with E-state index in [4.69, 9.17) is 16.0 Å². The molecule has 0 radical (unpaired) electrons. The van der Waals surface area contributed by atoms with Gasteiger partial charge in [0.2, 0.25) is 5.82 Å². The van der Waals surface area contributed by atoms with Gasteiger partial charge in [0.1, 0.15) is 30.0 Å². The molecule has 10 heteroatoms. The summed E-state index contributed by atoms with van der Waals surface area (Å²) in [6.07, 6.45) is 0. The zero-order valence-electron chi connectivity index (χ0n) is 20.1. The molecule has 0 aliphatic heterocycles. The van der Waals surface area contributed by atoms with E-state index in [1.807, 2.05) is 64.2 Å². The highest BCUT2D eigenvalue weighted by molar-refractivity contribution is 6.29. The van der Waals surface area contributed by atoms with Gasteiger partial charge in [-0.2, -0.15) is 0 Å². The minimum Gasteiger partial charge on any atom is -0.455 e. The van der Waals surface area contributed by atoms with Crippen LogP contribution in [0.4, 0.5) is 5.69 Å². The molecule has 0 amide bonds. The largest absolute Gasteiger partial charge is 0.455 e. The quantitative estimate of drug-likeness (QED) is 0.272. The molecule has 3 aromatic heterocycles. The third-order valence-corrected chi connectivity index (χ3v) is 6.26. The number of fused-ring (bicyclic) bond motifs is 1. The Morgan fingerprint density at radius 2 is 1.83 bits per heavy atom. The molecule has 2 aromatic carbocycles. The molecular formula is C26H22BClN4O4. The van der Waals surface area contributed by atoms with E-state index in [0.29, 0.717) is 33.7 Å². The van der Waals surface area contributed by atoms with Crippen molar-refractivity contribution in [1.82, 2.24) is 15.1 Å². The number of nitrogens with zero attached hydrogens (tertiary/aromatic N) is 2. The number of pyridine rings is 1. The van der Waals surface area contributed by atoms with E-state index in [2.05, 4.69) is 25.0 Å². The number of aryl methyl sites for hydroxylation is 1. The Morgan fingerprint density at radius 1 is 1.08 bits per heavy atom. The predicted molar refractivity (Wildman–Crippen MR) is 142 cm³/mol. The Balaban J connectivity index is 1.70. The molecule has 1 atom stereocenters. The number of hydrogen-bond acceptors (Lipinski definition) is 7. The molecule has 36 heavy (non-hydrogen) atoms. The number of halogens is 1. The number of benzene rings is 2. The first-order chi connectivity index (χ1) is 17.1. The van der Waals surface area contributed by atoms with Crippen LogP contribution in [0.15, 0.2) is 73.1 Å². The highest BCUT2D eigenvalue weighted by Crippen LogP contribution is 2.35. The molecule has 0 aliphatic carbocycles. The smallest absolute Gasteiger partial charge is 0.439 e. The zero-order valence-corrected chi connectivity index (χ0v) is 20.9. The molecule has 0 aliphatic rings. The molecular weight excluding hydrogens is 479 g/mol. The molecule has 5 aromatic rings. The van der Waals surface area contributed by atoms with Gasteiger partial charge in [0.15, 0.2) is 5.43 Å². The van der Waals surface area contributed by atoms with E-state index in [1.165, 1.54) is 0 Å². The molecule has 0 unspecified atom stereocenters. The van der Waals surface area contributed by atoms with Gasteiger partial charge in [-0.3, -0.25) is 14.3 Å². The fourth-order valence-electron chi connectivity index (χ4n) is 4.32. The summed E-state index contributed by atoms with van der Waals surface area (Å²) >= 11 is 6.13. The monoisotopic (exact) mass is 500 g/mol. The van der Waals surface area contributed by atoms with Crippen molar-refractivity contribution < 1.29 is 8.94 Å². The van der Waals surface area contributed by atoms with E-state index in [1.54, 1.807) is 19.1 Å². The summed E-state index contributed by atoms with van der Waals surface area (Å²) in [7, 11) is 1.97. The lowest BCUT2D eigenvalue weighted by atomic mass is 9.72. The molecule has 0 spiro atoms. The van der Waals surface area contributed by atoms with E-state index in [0.717, 1.165) is 16.7 Å². The van der Waals surface area contributed by atoms with E-state index in [9.17, 15) is 9.59 Å². The minimum atomic E-state index is -0.752. The van der Waals surface area contributed by atoms with Crippen molar-refractivity contribution in [3.8, 4) is 22.8 Å². The number of H-pyrrole nitrogens is 1. The van der Waals surface area contributed by atoms with E-state index < -0.39 is 11.2 Å². The number of hydrogen-bond donors (Lipinski definition) is 2. The lowest BCUT2D eigenvalue weighted by Crippen LogP contribution is -2.33. The Labute approximate surface area is 211 Å². The molecule has 2 N–H and O–H groups in total. The maximum atomic E-state index is 13.4. The van der Waals surface area contributed by atoms with Crippen LogP contribution >= 0.6 is 11.6 Å². The van der Waals surface area contributed by atoms with Crippen molar-refractivity contribution in [3.63, 3.8) is 0 Å². The molecule has 0 bridgehead atoms. The normalized spacial score (nSPS) is 13.0. The van der Waals surface area contributed by atoms with Crippen LogP contribution in [-0.4, -0.2) is 23.0 Å². The highest BCUT2D eigenvalue weighted by atomic mass is 35.5. The second-order valence-corrected chi connectivity index (χ2v) is 9.55. The van der Waals surface area contributed by atoms with Gasteiger partial charge < -0.3 is 9.73 Å². The Hall–Kier alpha value is -4.11. The molecule has 3 heterocycles. The average Bonchev–Trinajstić information content (AvgIpc) is 3.29. The van der Waals surface area contributed by atoms with Gasteiger partial charge in [-0.1, -0.05) is 53.2 Å². The number of aromatic amines is 1. The van der Waals surface area contributed by atoms with Crippen LogP contribution in [-0.2, 0) is 5.44 Å². The topological polar surface area (TPSA) is 114 Å². The first-order valence-electron chi connectivity index (χ1n) is 11.3.